The average Bonchev–Trinajstić information content (AvgIpc) is 2.36. The lowest BCUT2D eigenvalue weighted by Gasteiger charge is -2.30. The lowest BCUT2D eigenvalue weighted by molar-refractivity contribution is -0.141. The Kier molecular flexibility index (Phi) is 8.20. The second-order valence-corrected chi connectivity index (χ2v) is 6.76. The molecule has 7 heteroatoms. The molecule has 0 radical (unpaired) electrons. The topological polar surface area (TPSA) is 94.9 Å². The third-order valence-electron chi connectivity index (χ3n) is 3.08. The van der Waals surface area contributed by atoms with Gasteiger partial charge in [0.1, 0.15) is 0 Å². The Bertz CT molecular complexity index is 364. The van der Waals surface area contributed by atoms with Crippen LogP contribution < -0.4 is 0 Å². The van der Waals surface area contributed by atoms with E-state index < -0.39 is 28.0 Å². The Morgan fingerprint density at radius 3 is 2.26 bits per heavy atom. The Morgan fingerprint density at radius 2 is 1.89 bits per heavy atom. The lowest BCUT2D eigenvalue weighted by atomic mass is 10.1. The van der Waals surface area contributed by atoms with Crippen LogP contribution in [0.5, 0.6) is 0 Å². The molecule has 0 aliphatic rings. The van der Waals surface area contributed by atoms with Crippen molar-refractivity contribution in [2.75, 3.05) is 18.9 Å². The number of hydrogen-bond acceptors (Lipinski definition) is 4. The van der Waals surface area contributed by atoms with Gasteiger partial charge in [-0.15, -0.1) is 0 Å². The van der Waals surface area contributed by atoms with Gasteiger partial charge in [0.05, 0.1) is 18.3 Å². The summed E-state index contributed by atoms with van der Waals surface area (Å²) in [5.41, 5.74) is 0. The normalized spacial score (nSPS) is 15.4. The third-order valence-corrected chi connectivity index (χ3v) is 5.04. The summed E-state index contributed by atoms with van der Waals surface area (Å²) in [5.74, 6) is -1.84. The molecule has 0 bridgehead atoms. The summed E-state index contributed by atoms with van der Waals surface area (Å²) in [6.07, 6.45) is 1.73. The van der Waals surface area contributed by atoms with Crippen LogP contribution in [0, 0.1) is 5.92 Å². The van der Waals surface area contributed by atoms with Gasteiger partial charge in [-0.05, 0) is 12.8 Å². The molecule has 114 valence electrons. The molecule has 0 aliphatic heterocycles. The molecule has 2 unspecified atom stereocenters. The minimum absolute atomic E-state index is 0.00760. The molecule has 0 saturated heterocycles. The summed E-state index contributed by atoms with van der Waals surface area (Å²) in [6.45, 7) is 4.74. The molecule has 0 fully saturated rings. The first-order chi connectivity index (χ1) is 8.80. The van der Waals surface area contributed by atoms with E-state index in [2.05, 4.69) is 0 Å². The zero-order valence-corrected chi connectivity index (χ0v) is 12.7. The number of carboxylic acid groups (broad SMARTS) is 1. The highest BCUT2D eigenvalue weighted by Gasteiger charge is 2.31. The van der Waals surface area contributed by atoms with Gasteiger partial charge in [-0.3, -0.25) is 4.79 Å². The number of unbranched alkanes of at least 4 members (excludes halogenated alkanes) is 1. The smallest absolute Gasteiger partial charge is 0.307 e. The Balaban J connectivity index is 5.10. The summed E-state index contributed by atoms with van der Waals surface area (Å²) in [6, 6.07) is -0.552. The van der Waals surface area contributed by atoms with Gasteiger partial charge in [-0.2, -0.15) is 4.31 Å². The standard InChI is InChI=1S/C12H25NO5S/c1-4-6-7-19(17,18)13(11(5-2)9-14)8-10(3)12(15)16/h10-11,14H,4-9H2,1-3H3,(H,15,16). The molecular weight excluding hydrogens is 270 g/mol. The van der Waals surface area contributed by atoms with E-state index in [0.29, 0.717) is 12.8 Å². The molecule has 2 N–H and O–H groups in total. The molecule has 19 heavy (non-hydrogen) atoms. The van der Waals surface area contributed by atoms with Crippen molar-refractivity contribution >= 4 is 16.0 Å². The van der Waals surface area contributed by atoms with Crippen LogP contribution in [-0.4, -0.2) is 53.9 Å². The van der Waals surface area contributed by atoms with Gasteiger partial charge in [0, 0.05) is 12.6 Å². The van der Waals surface area contributed by atoms with Crippen LogP contribution in [0.15, 0.2) is 0 Å². The Labute approximate surface area is 115 Å². The Morgan fingerprint density at radius 1 is 1.32 bits per heavy atom. The van der Waals surface area contributed by atoms with Gasteiger partial charge in [-0.25, -0.2) is 8.42 Å². The highest BCUT2D eigenvalue weighted by molar-refractivity contribution is 7.89. The third kappa shape index (κ3) is 5.88. The average molecular weight is 295 g/mol. The molecule has 0 aromatic rings. The van der Waals surface area contributed by atoms with E-state index in [1.807, 2.05) is 6.92 Å². The van der Waals surface area contributed by atoms with Crippen molar-refractivity contribution < 1.29 is 23.4 Å². The van der Waals surface area contributed by atoms with Crippen molar-refractivity contribution in [1.82, 2.24) is 4.31 Å². The van der Waals surface area contributed by atoms with Crippen LogP contribution in [0.1, 0.15) is 40.0 Å². The van der Waals surface area contributed by atoms with E-state index in [0.717, 1.165) is 10.7 Å². The van der Waals surface area contributed by atoms with Crippen LogP contribution in [0.3, 0.4) is 0 Å². The monoisotopic (exact) mass is 295 g/mol. The minimum atomic E-state index is -3.53. The summed E-state index contributed by atoms with van der Waals surface area (Å²) >= 11 is 0. The number of sulfonamides is 1. The van der Waals surface area contributed by atoms with Crippen LogP contribution in [-0.2, 0) is 14.8 Å². The van der Waals surface area contributed by atoms with Crippen LogP contribution in [0.25, 0.3) is 0 Å². The van der Waals surface area contributed by atoms with Crippen LogP contribution in [0.4, 0.5) is 0 Å². The zero-order chi connectivity index (χ0) is 15.1. The van der Waals surface area contributed by atoms with Gasteiger partial charge in [0.15, 0.2) is 0 Å². The molecule has 0 aliphatic carbocycles. The first-order valence-electron chi connectivity index (χ1n) is 6.63. The van der Waals surface area contributed by atoms with Gasteiger partial charge in [0.2, 0.25) is 10.0 Å². The highest BCUT2D eigenvalue weighted by Crippen LogP contribution is 2.15. The van der Waals surface area contributed by atoms with Gasteiger partial charge in [0.25, 0.3) is 0 Å². The number of carboxylic acids is 1. The maximum Gasteiger partial charge on any atom is 0.307 e. The number of nitrogens with zero attached hydrogens (tertiary/aromatic N) is 1. The van der Waals surface area contributed by atoms with Gasteiger partial charge >= 0.3 is 5.97 Å². The molecule has 0 saturated carbocycles. The Hall–Kier alpha value is -0.660. The van der Waals surface area contributed by atoms with Crippen molar-refractivity contribution in [1.29, 1.82) is 0 Å². The maximum absolute atomic E-state index is 12.2. The second-order valence-electron chi connectivity index (χ2n) is 4.72. The van der Waals surface area contributed by atoms with E-state index in [-0.39, 0.29) is 18.9 Å². The van der Waals surface area contributed by atoms with Gasteiger partial charge in [-0.1, -0.05) is 27.2 Å². The number of carbonyl (C=O) groups is 1. The van der Waals surface area contributed by atoms with Gasteiger partial charge < -0.3 is 10.2 Å². The number of aliphatic carboxylic acids is 1. The van der Waals surface area contributed by atoms with E-state index in [4.69, 9.17) is 5.11 Å². The quantitative estimate of drug-likeness (QED) is 0.624. The van der Waals surface area contributed by atoms with Crippen molar-refractivity contribution in [3.05, 3.63) is 0 Å². The number of rotatable bonds is 10. The summed E-state index contributed by atoms with van der Waals surface area (Å²) in [7, 11) is -3.53. The zero-order valence-electron chi connectivity index (χ0n) is 11.9. The molecule has 2 atom stereocenters. The van der Waals surface area contributed by atoms with Crippen molar-refractivity contribution in [2.45, 2.75) is 46.1 Å². The van der Waals surface area contributed by atoms with E-state index in [1.165, 1.54) is 6.92 Å². The molecule has 0 aromatic heterocycles. The summed E-state index contributed by atoms with van der Waals surface area (Å²) < 4.78 is 25.6. The van der Waals surface area contributed by atoms with E-state index >= 15 is 0 Å². The number of aliphatic hydroxyl groups excluding tert-OH is 1. The van der Waals surface area contributed by atoms with Crippen LogP contribution in [0.2, 0.25) is 0 Å². The number of hydrogen-bond donors (Lipinski definition) is 2. The largest absolute Gasteiger partial charge is 0.481 e. The summed E-state index contributed by atoms with van der Waals surface area (Å²) in [4.78, 5) is 10.9. The fourth-order valence-electron chi connectivity index (χ4n) is 1.71. The lowest BCUT2D eigenvalue weighted by Crippen LogP contribution is -2.46. The molecule has 0 heterocycles. The van der Waals surface area contributed by atoms with Crippen molar-refractivity contribution in [2.24, 2.45) is 5.92 Å². The molecule has 6 nitrogen and oxygen atoms in total. The first-order valence-corrected chi connectivity index (χ1v) is 8.24. The van der Waals surface area contributed by atoms with Crippen LogP contribution >= 0.6 is 0 Å². The van der Waals surface area contributed by atoms with Crippen molar-refractivity contribution in [3.63, 3.8) is 0 Å². The van der Waals surface area contributed by atoms with E-state index in [9.17, 15) is 18.3 Å². The first kappa shape index (κ1) is 18.3. The van der Waals surface area contributed by atoms with Crippen molar-refractivity contribution in [3.8, 4) is 0 Å². The second kappa shape index (κ2) is 8.50. The molecule has 0 rings (SSSR count). The SMILES string of the molecule is CCCCS(=O)(=O)N(CC(C)C(=O)O)C(CC)CO. The summed E-state index contributed by atoms with van der Waals surface area (Å²) in [5, 5.41) is 18.2. The molecule has 0 aromatic carbocycles. The fraction of sp³-hybridized carbons (Fsp3) is 0.917. The predicted octanol–water partition coefficient (Wildman–Crippen LogP) is 0.910. The fourth-order valence-corrected chi connectivity index (χ4v) is 3.71. The minimum Gasteiger partial charge on any atom is -0.481 e. The van der Waals surface area contributed by atoms with E-state index in [1.54, 1.807) is 6.92 Å². The predicted molar refractivity (Wildman–Crippen MR) is 73.4 cm³/mol. The molecule has 0 spiro atoms. The maximum atomic E-state index is 12.2. The molecule has 0 amide bonds. The molecular formula is C12H25NO5S. The highest BCUT2D eigenvalue weighted by atomic mass is 32.2. The number of aliphatic hydroxyl groups is 1.